The topological polar surface area (TPSA) is 78.0 Å². The van der Waals surface area contributed by atoms with Crippen LogP contribution in [-0.2, 0) is 11.3 Å². The highest BCUT2D eigenvalue weighted by molar-refractivity contribution is 5.92. The summed E-state index contributed by atoms with van der Waals surface area (Å²) in [5, 5.41) is 9.41. The zero-order chi connectivity index (χ0) is 23.3. The number of aliphatic imine (C=N–C) groups is 1. The Hall–Kier alpha value is -3.13. The fourth-order valence-corrected chi connectivity index (χ4v) is 2.96. The van der Waals surface area contributed by atoms with Crippen molar-refractivity contribution in [2.45, 2.75) is 32.9 Å². The van der Waals surface area contributed by atoms with Crippen LogP contribution in [0.3, 0.4) is 0 Å². The van der Waals surface area contributed by atoms with E-state index in [0.29, 0.717) is 37.9 Å². The molecule has 0 saturated carbocycles. The summed E-state index contributed by atoms with van der Waals surface area (Å²) in [6.07, 6.45) is 0.633. The van der Waals surface area contributed by atoms with Gasteiger partial charge in [-0.3, -0.25) is 4.79 Å². The number of amides is 1. The van der Waals surface area contributed by atoms with Crippen LogP contribution in [0, 0.1) is 5.82 Å². The second-order valence-corrected chi connectivity index (χ2v) is 7.67. The van der Waals surface area contributed by atoms with Crippen molar-refractivity contribution in [2.75, 3.05) is 39.0 Å². The van der Waals surface area contributed by atoms with Crippen LogP contribution >= 0.6 is 0 Å². The van der Waals surface area contributed by atoms with Crippen molar-refractivity contribution in [3.63, 3.8) is 0 Å². The third-order valence-corrected chi connectivity index (χ3v) is 4.49. The van der Waals surface area contributed by atoms with Crippen molar-refractivity contribution in [1.29, 1.82) is 0 Å². The number of hydrogen-bond acceptors (Lipinski definition) is 4. The molecule has 1 atom stereocenters. The van der Waals surface area contributed by atoms with Gasteiger partial charge in [-0.05, 0) is 57.3 Å². The van der Waals surface area contributed by atoms with Gasteiger partial charge in [0.2, 0.25) is 5.91 Å². The minimum absolute atomic E-state index is 0.0606. The molecule has 0 aliphatic carbocycles. The minimum atomic E-state index is -0.319. The van der Waals surface area contributed by atoms with Crippen molar-refractivity contribution in [2.24, 2.45) is 4.99 Å². The molecule has 8 heteroatoms. The summed E-state index contributed by atoms with van der Waals surface area (Å²) in [5.74, 6) is 0.791. The van der Waals surface area contributed by atoms with E-state index in [1.165, 1.54) is 12.1 Å². The number of benzene rings is 2. The molecule has 0 spiro atoms. The Kier molecular flexibility index (Phi) is 10.5. The Morgan fingerprint density at radius 3 is 2.59 bits per heavy atom. The van der Waals surface area contributed by atoms with Gasteiger partial charge in [-0.2, -0.15) is 0 Å². The van der Waals surface area contributed by atoms with E-state index in [4.69, 9.17) is 4.74 Å². The smallest absolute Gasteiger partial charge is 0.238 e. The van der Waals surface area contributed by atoms with Crippen LogP contribution in [0.1, 0.15) is 25.8 Å². The van der Waals surface area contributed by atoms with E-state index < -0.39 is 0 Å². The molecule has 0 radical (unpaired) electrons. The lowest BCUT2D eigenvalue weighted by Gasteiger charge is -2.20. The molecule has 0 saturated heterocycles. The van der Waals surface area contributed by atoms with Crippen LogP contribution in [0.4, 0.5) is 10.1 Å². The first kappa shape index (κ1) is 25.1. The van der Waals surface area contributed by atoms with Gasteiger partial charge >= 0.3 is 0 Å². The molecule has 174 valence electrons. The zero-order valence-corrected chi connectivity index (χ0v) is 19.3. The van der Waals surface area contributed by atoms with E-state index in [2.05, 4.69) is 20.9 Å². The monoisotopic (exact) mass is 443 g/mol. The quantitative estimate of drug-likeness (QED) is 0.367. The number of nitrogens with zero attached hydrogens (tertiary/aromatic N) is 2. The highest BCUT2D eigenvalue weighted by Crippen LogP contribution is 2.15. The van der Waals surface area contributed by atoms with Gasteiger partial charge in [0.25, 0.3) is 0 Å². The number of nitrogens with one attached hydrogen (secondary N) is 3. The molecule has 0 heterocycles. The van der Waals surface area contributed by atoms with Crippen molar-refractivity contribution in [3.05, 3.63) is 59.9 Å². The van der Waals surface area contributed by atoms with Gasteiger partial charge in [-0.15, -0.1) is 0 Å². The van der Waals surface area contributed by atoms with E-state index in [1.807, 2.05) is 57.1 Å². The van der Waals surface area contributed by atoms with Gasteiger partial charge < -0.3 is 25.6 Å². The normalized spacial score (nSPS) is 12.4. The lowest BCUT2D eigenvalue weighted by atomic mass is 10.2. The number of hydrogen-bond donors (Lipinski definition) is 3. The Balaban J connectivity index is 1.95. The molecular weight excluding hydrogens is 409 g/mol. The van der Waals surface area contributed by atoms with Crippen LogP contribution < -0.4 is 20.7 Å². The van der Waals surface area contributed by atoms with E-state index in [-0.39, 0.29) is 17.8 Å². The molecule has 2 aromatic carbocycles. The third kappa shape index (κ3) is 9.34. The predicted molar refractivity (Wildman–Crippen MR) is 128 cm³/mol. The summed E-state index contributed by atoms with van der Waals surface area (Å²) in [6.45, 7) is 6.04. The molecule has 2 aromatic rings. The molecule has 2 rings (SSSR count). The summed E-state index contributed by atoms with van der Waals surface area (Å²) in [4.78, 5) is 18.4. The zero-order valence-electron chi connectivity index (χ0n) is 19.3. The summed E-state index contributed by atoms with van der Waals surface area (Å²) < 4.78 is 19.3. The average Bonchev–Trinajstić information content (AvgIpc) is 2.74. The Morgan fingerprint density at radius 2 is 1.91 bits per heavy atom. The number of likely N-dealkylation sites (N-methyl/N-ethyl adjacent to an activating group) is 1. The van der Waals surface area contributed by atoms with Gasteiger partial charge in [0.15, 0.2) is 5.96 Å². The summed E-state index contributed by atoms with van der Waals surface area (Å²) >= 11 is 0. The summed E-state index contributed by atoms with van der Waals surface area (Å²) in [5.41, 5.74) is 1.73. The first-order valence-corrected chi connectivity index (χ1v) is 10.9. The standard InChI is InChI=1S/C24H34FN5O2/c1-5-21(32-22-12-8-10-19(25)14-22)16-28-24(26-6-2)27-15-18-9-7-11-20(13-18)29-23(31)17-30(3)4/h7-14,21H,5-6,15-17H2,1-4H3,(H,29,31)(H2,26,27,28). The van der Waals surface area contributed by atoms with Crippen LogP contribution in [0.5, 0.6) is 5.75 Å². The molecular formula is C24H34FN5O2. The van der Waals surface area contributed by atoms with Crippen LogP contribution in [0.25, 0.3) is 0 Å². The van der Waals surface area contributed by atoms with Crippen molar-refractivity contribution in [1.82, 2.24) is 15.5 Å². The summed E-state index contributed by atoms with van der Waals surface area (Å²) in [7, 11) is 3.71. The molecule has 0 aliphatic heterocycles. The molecule has 0 aliphatic rings. The van der Waals surface area contributed by atoms with Crippen LogP contribution in [0.15, 0.2) is 53.5 Å². The van der Waals surface area contributed by atoms with Gasteiger partial charge in [0.1, 0.15) is 17.7 Å². The Labute approximate surface area is 190 Å². The Morgan fingerprint density at radius 1 is 1.12 bits per heavy atom. The van der Waals surface area contributed by atoms with Gasteiger partial charge in [0, 0.05) is 18.3 Å². The lowest BCUT2D eigenvalue weighted by Crippen LogP contribution is -2.42. The number of anilines is 1. The number of ether oxygens (including phenoxy) is 1. The highest BCUT2D eigenvalue weighted by atomic mass is 19.1. The number of halogens is 1. The molecule has 1 amide bonds. The second-order valence-electron chi connectivity index (χ2n) is 7.67. The van der Waals surface area contributed by atoms with E-state index in [1.54, 1.807) is 12.1 Å². The lowest BCUT2D eigenvalue weighted by molar-refractivity contribution is -0.116. The van der Waals surface area contributed by atoms with Gasteiger partial charge in [-0.25, -0.2) is 9.38 Å². The highest BCUT2D eigenvalue weighted by Gasteiger charge is 2.10. The summed E-state index contributed by atoms with van der Waals surface area (Å²) in [6, 6.07) is 13.8. The molecule has 7 nitrogen and oxygen atoms in total. The maximum absolute atomic E-state index is 13.4. The largest absolute Gasteiger partial charge is 0.489 e. The van der Waals surface area contributed by atoms with Crippen LogP contribution in [0.2, 0.25) is 0 Å². The molecule has 1 unspecified atom stereocenters. The Bertz CT molecular complexity index is 888. The van der Waals surface area contributed by atoms with E-state index in [0.717, 1.165) is 17.7 Å². The SMILES string of the molecule is CCNC(=NCc1cccc(NC(=O)CN(C)C)c1)NCC(CC)Oc1cccc(F)c1. The number of carbonyl (C=O) groups excluding carboxylic acids is 1. The van der Waals surface area contributed by atoms with Crippen molar-refractivity contribution >= 4 is 17.6 Å². The molecule has 0 bridgehead atoms. The number of rotatable bonds is 11. The fourth-order valence-electron chi connectivity index (χ4n) is 2.96. The van der Waals surface area contributed by atoms with Crippen LogP contribution in [-0.4, -0.2) is 56.6 Å². The third-order valence-electron chi connectivity index (χ3n) is 4.49. The predicted octanol–water partition coefficient (Wildman–Crippen LogP) is 3.24. The van der Waals surface area contributed by atoms with Gasteiger partial charge in [-0.1, -0.05) is 25.1 Å². The van der Waals surface area contributed by atoms with Crippen molar-refractivity contribution < 1.29 is 13.9 Å². The fraction of sp³-hybridized carbons (Fsp3) is 0.417. The second kappa shape index (κ2) is 13.3. The first-order valence-electron chi connectivity index (χ1n) is 10.9. The van der Waals surface area contributed by atoms with E-state index in [9.17, 15) is 9.18 Å². The number of guanidine groups is 1. The molecule has 3 N–H and O–H groups in total. The van der Waals surface area contributed by atoms with Gasteiger partial charge in [0.05, 0.1) is 19.6 Å². The maximum atomic E-state index is 13.4. The minimum Gasteiger partial charge on any atom is -0.489 e. The molecule has 32 heavy (non-hydrogen) atoms. The number of carbonyl (C=O) groups is 1. The average molecular weight is 444 g/mol. The van der Waals surface area contributed by atoms with E-state index >= 15 is 0 Å². The van der Waals surface area contributed by atoms with Crippen molar-refractivity contribution in [3.8, 4) is 5.75 Å². The molecule has 0 fully saturated rings. The first-order chi connectivity index (χ1) is 15.4. The molecule has 0 aromatic heterocycles. The maximum Gasteiger partial charge on any atom is 0.238 e.